The molecular weight excluding hydrogens is 172 g/mol. The molecule has 0 amide bonds. The van der Waals surface area contributed by atoms with E-state index in [4.69, 9.17) is 11.2 Å². The van der Waals surface area contributed by atoms with Crippen molar-refractivity contribution in [1.29, 1.82) is 0 Å². The summed E-state index contributed by atoms with van der Waals surface area (Å²) in [7, 11) is 0. The summed E-state index contributed by atoms with van der Waals surface area (Å²) in [5, 5.41) is 0. The van der Waals surface area contributed by atoms with Crippen LogP contribution in [0.2, 0.25) is 0 Å². The Morgan fingerprint density at radius 1 is 1.36 bits per heavy atom. The van der Waals surface area contributed by atoms with Crippen LogP contribution < -0.4 is 0 Å². The van der Waals surface area contributed by atoms with Gasteiger partial charge in [0.05, 0.1) is 5.60 Å². The Morgan fingerprint density at radius 2 is 1.93 bits per heavy atom. The first-order valence-corrected chi connectivity index (χ1v) is 5.53. The molecule has 2 unspecified atom stereocenters. The quantitative estimate of drug-likeness (QED) is 0.610. The molecule has 0 N–H and O–H groups in total. The van der Waals surface area contributed by atoms with Crippen LogP contribution in [0.5, 0.6) is 0 Å². The molecule has 0 bridgehead atoms. The Morgan fingerprint density at radius 3 is 2.29 bits per heavy atom. The predicted molar refractivity (Wildman–Crippen MR) is 62.1 cm³/mol. The van der Waals surface area contributed by atoms with Crippen molar-refractivity contribution in [3.05, 3.63) is 0 Å². The van der Waals surface area contributed by atoms with Crippen molar-refractivity contribution < 1.29 is 4.74 Å². The van der Waals surface area contributed by atoms with Crippen LogP contribution in [-0.2, 0) is 4.74 Å². The van der Waals surface area contributed by atoms with Gasteiger partial charge in [0, 0.05) is 0 Å². The second-order valence-corrected chi connectivity index (χ2v) is 5.02. The first-order valence-electron chi connectivity index (χ1n) is 5.53. The maximum absolute atomic E-state index is 5.77. The van der Waals surface area contributed by atoms with E-state index < -0.39 is 0 Å². The fourth-order valence-electron chi connectivity index (χ4n) is 1.55. The van der Waals surface area contributed by atoms with E-state index in [1.807, 2.05) is 20.8 Å². The molecule has 0 heterocycles. The summed E-state index contributed by atoms with van der Waals surface area (Å²) in [5.74, 6) is 3.38. The maximum atomic E-state index is 5.77. The molecule has 1 nitrogen and oxygen atoms in total. The molecule has 0 spiro atoms. The summed E-state index contributed by atoms with van der Waals surface area (Å²) in [6.07, 6.45) is 8.84. The summed E-state index contributed by atoms with van der Waals surface area (Å²) in [6, 6.07) is 0. The Balaban J connectivity index is 3.99. The fraction of sp³-hybridized carbons (Fsp3) is 0.846. The standard InChI is InChI=1S/C13H24O/c1-7-9-11(3)10-12(8-2)14-13(4,5)6/h2,11-12H,7,9-10H2,1,3-6H3. The maximum Gasteiger partial charge on any atom is 0.118 e. The zero-order valence-electron chi connectivity index (χ0n) is 10.3. The van der Waals surface area contributed by atoms with Gasteiger partial charge in [0.2, 0.25) is 0 Å². The SMILES string of the molecule is C#CC(CC(C)CCC)OC(C)(C)C. The fourth-order valence-corrected chi connectivity index (χ4v) is 1.55. The monoisotopic (exact) mass is 196 g/mol. The van der Waals surface area contributed by atoms with Gasteiger partial charge >= 0.3 is 0 Å². The van der Waals surface area contributed by atoms with Gasteiger partial charge in [0.1, 0.15) is 6.10 Å². The highest BCUT2D eigenvalue weighted by atomic mass is 16.5. The lowest BCUT2D eigenvalue weighted by Crippen LogP contribution is -2.27. The molecule has 0 saturated carbocycles. The van der Waals surface area contributed by atoms with E-state index in [9.17, 15) is 0 Å². The van der Waals surface area contributed by atoms with Gasteiger partial charge in [-0.3, -0.25) is 0 Å². The summed E-state index contributed by atoms with van der Waals surface area (Å²) in [6.45, 7) is 10.6. The average molecular weight is 196 g/mol. The Kier molecular flexibility index (Phi) is 5.88. The van der Waals surface area contributed by atoms with Crippen molar-refractivity contribution in [3.8, 4) is 12.3 Å². The lowest BCUT2D eigenvalue weighted by molar-refractivity contribution is -0.0418. The molecule has 0 aliphatic heterocycles. The van der Waals surface area contributed by atoms with Crippen LogP contribution in [0.3, 0.4) is 0 Å². The minimum absolute atomic E-state index is 0.0310. The molecule has 0 aliphatic carbocycles. The van der Waals surface area contributed by atoms with E-state index in [1.54, 1.807) is 0 Å². The third-order valence-electron chi connectivity index (χ3n) is 2.08. The third-order valence-corrected chi connectivity index (χ3v) is 2.08. The van der Waals surface area contributed by atoms with Crippen molar-refractivity contribution in [2.75, 3.05) is 0 Å². The minimum Gasteiger partial charge on any atom is -0.360 e. The lowest BCUT2D eigenvalue weighted by Gasteiger charge is -2.26. The lowest BCUT2D eigenvalue weighted by atomic mass is 9.98. The van der Waals surface area contributed by atoms with Crippen LogP contribution in [-0.4, -0.2) is 11.7 Å². The largest absolute Gasteiger partial charge is 0.360 e. The summed E-state index contributed by atoms with van der Waals surface area (Å²) in [5.41, 5.74) is -0.136. The molecule has 0 radical (unpaired) electrons. The smallest absolute Gasteiger partial charge is 0.118 e. The molecule has 0 saturated heterocycles. The van der Waals surface area contributed by atoms with Gasteiger partial charge in [0.25, 0.3) is 0 Å². The topological polar surface area (TPSA) is 9.23 Å². The highest BCUT2D eigenvalue weighted by molar-refractivity contribution is 4.96. The van der Waals surface area contributed by atoms with Crippen LogP contribution in [0, 0.1) is 18.3 Å². The van der Waals surface area contributed by atoms with E-state index in [0.717, 1.165) is 6.42 Å². The second-order valence-electron chi connectivity index (χ2n) is 5.02. The number of rotatable bonds is 5. The molecule has 0 fully saturated rings. The molecule has 14 heavy (non-hydrogen) atoms. The Bertz CT molecular complexity index is 182. The van der Waals surface area contributed by atoms with E-state index in [0.29, 0.717) is 5.92 Å². The van der Waals surface area contributed by atoms with Gasteiger partial charge in [-0.25, -0.2) is 0 Å². The van der Waals surface area contributed by atoms with Gasteiger partial charge < -0.3 is 4.74 Å². The predicted octanol–water partition coefficient (Wildman–Crippen LogP) is 3.63. The van der Waals surface area contributed by atoms with E-state index in [-0.39, 0.29) is 11.7 Å². The number of ether oxygens (including phenoxy) is 1. The van der Waals surface area contributed by atoms with Crippen LogP contribution in [0.1, 0.15) is 53.9 Å². The minimum atomic E-state index is -0.136. The van der Waals surface area contributed by atoms with Crippen LogP contribution in [0.25, 0.3) is 0 Å². The zero-order valence-corrected chi connectivity index (χ0v) is 10.3. The normalized spacial score (nSPS) is 16.0. The van der Waals surface area contributed by atoms with Gasteiger partial charge in [0.15, 0.2) is 0 Å². The average Bonchev–Trinajstić information content (AvgIpc) is 2.01. The van der Waals surface area contributed by atoms with Crippen molar-refractivity contribution in [1.82, 2.24) is 0 Å². The van der Waals surface area contributed by atoms with Crippen molar-refractivity contribution in [3.63, 3.8) is 0 Å². The molecule has 1 heteroatoms. The molecule has 0 aliphatic rings. The van der Waals surface area contributed by atoms with E-state index in [2.05, 4.69) is 19.8 Å². The third kappa shape index (κ3) is 6.97. The second kappa shape index (κ2) is 6.09. The summed E-state index contributed by atoms with van der Waals surface area (Å²) in [4.78, 5) is 0. The highest BCUT2D eigenvalue weighted by Gasteiger charge is 2.18. The molecule has 0 rings (SSSR count). The number of hydrogen-bond donors (Lipinski definition) is 0. The Hall–Kier alpha value is -0.480. The van der Waals surface area contributed by atoms with Gasteiger partial charge in [-0.05, 0) is 33.1 Å². The summed E-state index contributed by atoms with van der Waals surface area (Å²) >= 11 is 0. The molecular formula is C13H24O. The highest BCUT2D eigenvalue weighted by Crippen LogP contribution is 2.18. The first-order chi connectivity index (χ1) is 6.39. The zero-order chi connectivity index (χ0) is 11.2. The number of hydrogen-bond acceptors (Lipinski definition) is 1. The van der Waals surface area contributed by atoms with Crippen molar-refractivity contribution in [2.24, 2.45) is 5.92 Å². The molecule has 0 aromatic carbocycles. The van der Waals surface area contributed by atoms with Crippen LogP contribution >= 0.6 is 0 Å². The van der Waals surface area contributed by atoms with Gasteiger partial charge in [-0.2, -0.15) is 0 Å². The van der Waals surface area contributed by atoms with Gasteiger partial charge in [-0.15, -0.1) is 6.42 Å². The summed E-state index contributed by atoms with van der Waals surface area (Å²) < 4.78 is 5.77. The van der Waals surface area contributed by atoms with E-state index >= 15 is 0 Å². The molecule has 0 aromatic heterocycles. The van der Waals surface area contributed by atoms with E-state index in [1.165, 1.54) is 12.8 Å². The molecule has 82 valence electrons. The van der Waals surface area contributed by atoms with Crippen LogP contribution in [0.4, 0.5) is 0 Å². The van der Waals surface area contributed by atoms with Crippen molar-refractivity contribution in [2.45, 2.75) is 65.6 Å². The Labute approximate surface area is 89.2 Å². The number of terminal acetylenes is 1. The first kappa shape index (κ1) is 13.5. The molecule has 0 aromatic rings. The van der Waals surface area contributed by atoms with Gasteiger partial charge in [-0.1, -0.05) is 32.6 Å². The van der Waals surface area contributed by atoms with Crippen molar-refractivity contribution >= 4 is 0 Å². The molecule has 2 atom stereocenters. The van der Waals surface area contributed by atoms with Crippen LogP contribution in [0.15, 0.2) is 0 Å².